The van der Waals surface area contributed by atoms with E-state index in [0.717, 1.165) is 19.3 Å². The normalized spacial score (nSPS) is 16.7. The molecule has 126 valence electrons. The zero-order valence-electron chi connectivity index (χ0n) is 14.2. The Balaban J connectivity index is 1.78. The van der Waals surface area contributed by atoms with Crippen molar-refractivity contribution >= 4 is 12.0 Å². The number of benzene rings is 1. The third-order valence-electron chi connectivity index (χ3n) is 4.38. The molecule has 1 aromatic rings. The average molecular weight is 318 g/mol. The van der Waals surface area contributed by atoms with E-state index in [1.54, 1.807) is 4.90 Å². The molecule has 5 heteroatoms. The van der Waals surface area contributed by atoms with Gasteiger partial charge >= 0.3 is 6.09 Å². The summed E-state index contributed by atoms with van der Waals surface area (Å²) in [5.41, 5.74) is 2.40. The summed E-state index contributed by atoms with van der Waals surface area (Å²) in [6, 6.07) is 8.44. The minimum absolute atomic E-state index is 0.0589. The van der Waals surface area contributed by atoms with E-state index in [0.29, 0.717) is 13.1 Å². The van der Waals surface area contributed by atoms with Gasteiger partial charge in [0.25, 0.3) is 0 Å². The highest BCUT2D eigenvalue weighted by atomic mass is 16.5. The van der Waals surface area contributed by atoms with Crippen LogP contribution in [0.4, 0.5) is 4.79 Å². The highest BCUT2D eigenvalue weighted by Gasteiger charge is 2.25. The second-order valence-electron chi connectivity index (χ2n) is 6.33. The maximum atomic E-state index is 12.3. The van der Waals surface area contributed by atoms with Gasteiger partial charge in [-0.15, -0.1) is 0 Å². The van der Waals surface area contributed by atoms with Crippen LogP contribution in [-0.2, 0) is 16.0 Å². The van der Waals surface area contributed by atoms with E-state index in [1.807, 2.05) is 6.92 Å². The molecule has 0 spiro atoms. The number of carbonyl (C=O) groups is 2. The van der Waals surface area contributed by atoms with Gasteiger partial charge in [0, 0.05) is 25.0 Å². The van der Waals surface area contributed by atoms with Gasteiger partial charge in [-0.3, -0.25) is 4.79 Å². The Morgan fingerprint density at radius 3 is 2.43 bits per heavy atom. The molecule has 2 rings (SSSR count). The van der Waals surface area contributed by atoms with Crippen molar-refractivity contribution in [1.29, 1.82) is 0 Å². The molecule has 1 aromatic carbocycles. The van der Waals surface area contributed by atoms with E-state index < -0.39 is 0 Å². The van der Waals surface area contributed by atoms with Gasteiger partial charge in [0.05, 0.1) is 7.11 Å². The number of ether oxygens (including phenoxy) is 1. The molecule has 1 N–H and O–H groups in total. The molecule has 0 saturated carbocycles. The summed E-state index contributed by atoms with van der Waals surface area (Å²) < 4.78 is 4.72. The lowest BCUT2D eigenvalue weighted by atomic mass is 9.98. The van der Waals surface area contributed by atoms with Gasteiger partial charge in [-0.1, -0.05) is 36.8 Å². The van der Waals surface area contributed by atoms with Crippen molar-refractivity contribution in [3.05, 3.63) is 35.4 Å². The summed E-state index contributed by atoms with van der Waals surface area (Å²) >= 11 is 0. The van der Waals surface area contributed by atoms with Crippen molar-refractivity contribution in [2.75, 3.05) is 20.2 Å². The van der Waals surface area contributed by atoms with E-state index in [1.165, 1.54) is 18.2 Å². The first-order chi connectivity index (χ1) is 11.0. The van der Waals surface area contributed by atoms with E-state index in [-0.39, 0.29) is 24.0 Å². The number of nitrogens with one attached hydrogen (secondary N) is 1. The van der Waals surface area contributed by atoms with Crippen molar-refractivity contribution in [2.45, 2.75) is 39.2 Å². The fraction of sp³-hybridized carbons (Fsp3) is 0.556. The number of likely N-dealkylation sites (tertiary alicyclic amines) is 1. The first kappa shape index (κ1) is 17.3. The Bertz CT molecular complexity index is 534. The van der Waals surface area contributed by atoms with E-state index in [9.17, 15) is 9.59 Å². The number of amides is 2. The van der Waals surface area contributed by atoms with Gasteiger partial charge in [0.15, 0.2) is 0 Å². The Labute approximate surface area is 138 Å². The minimum atomic E-state index is -0.289. The Morgan fingerprint density at radius 2 is 1.87 bits per heavy atom. The molecule has 1 fully saturated rings. The quantitative estimate of drug-likeness (QED) is 0.928. The van der Waals surface area contributed by atoms with Gasteiger partial charge in [0.1, 0.15) is 0 Å². The van der Waals surface area contributed by atoms with Crippen LogP contribution in [0.3, 0.4) is 0 Å². The van der Waals surface area contributed by atoms with Gasteiger partial charge in [-0.25, -0.2) is 4.79 Å². The molecular weight excluding hydrogens is 292 g/mol. The van der Waals surface area contributed by atoms with E-state index in [4.69, 9.17) is 4.74 Å². The van der Waals surface area contributed by atoms with Gasteiger partial charge in [-0.2, -0.15) is 0 Å². The van der Waals surface area contributed by atoms with Crippen LogP contribution in [0, 0.1) is 12.8 Å². The third-order valence-corrected chi connectivity index (χ3v) is 4.38. The predicted octanol–water partition coefficient (Wildman–Crippen LogP) is 2.52. The number of hydrogen-bond acceptors (Lipinski definition) is 3. The monoisotopic (exact) mass is 318 g/mol. The molecule has 1 aliphatic rings. The lowest BCUT2D eigenvalue weighted by Crippen LogP contribution is -2.47. The molecule has 2 amide bonds. The van der Waals surface area contributed by atoms with Crippen molar-refractivity contribution < 1.29 is 14.3 Å². The van der Waals surface area contributed by atoms with Crippen LogP contribution in [0.25, 0.3) is 0 Å². The Hall–Kier alpha value is -2.04. The summed E-state index contributed by atoms with van der Waals surface area (Å²) in [6.07, 6.45) is 2.01. The van der Waals surface area contributed by atoms with Crippen LogP contribution in [0.15, 0.2) is 24.3 Å². The topological polar surface area (TPSA) is 58.6 Å². The number of carbonyl (C=O) groups excluding carboxylic acids is 2. The molecule has 1 heterocycles. The van der Waals surface area contributed by atoms with Crippen molar-refractivity contribution in [1.82, 2.24) is 10.2 Å². The molecule has 0 aliphatic carbocycles. The number of rotatable bonds is 4. The second kappa shape index (κ2) is 7.99. The maximum absolute atomic E-state index is 12.3. The first-order valence-electron chi connectivity index (χ1n) is 8.18. The average Bonchev–Trinajstić information content (AvgIpc) is 2.56. The molecule has 23 heavy (non-hydrogen) atoms. The van der Waals surface area contributed by atoms with Crippen LogP contribution in [-0.4, -0.2) is 43.1 Å². The molecule has 5 nitrogen and oxygen atoms in total. The lowest BCUT2D eigenvalue weighted by molar-refractivity contribution is -0.125. The summed E-state index contributed by atoms with van der Waals surface area (Å²) in [5, 5.41) is 3.11. The summed E-state index contributed by atoms with van der Waals surface area (Å²) in [6.45, 7) is 5.27. The highest BCUT2D eigenvalue weighted by Crippen LogP contribution is 2.14. The summed E-state index contributed by atoms with van der Waals surface area (Å²) in [7, 11) is 1.39. The van der Waals surface area contributed by atoms with Gasteiger partial charge < -0.3 is 15.0 Å². The van der Waals surface area contributed by atoms with Crippen molar-refractivity contribution in [2.24, 2.45) is 5.92 Å². The van der Waals surface area contributed by atoms with E-state index in [2.05, 4.69) is 36.5 Å². The van der Waals surface area contributed by atoms with Crippen LogP contribution >= 0.6 is 0 Å². The van der Waals surface area contributed by atoms with Gasteiger partial charge in [0.2, 0.25) is 5.91 Å². The van der Waals surface area contributed by atoms with Crippen LogP contribution < -0.4 is 5.32 Å². The molecule has 1 saturated heterocycles. The molecular formula is C18H26N2O3. The Kier molecular flexibility index (Phi) is 6.02. The van der Waals surface area contributed by atoms with Crippen molar-refractivity contribution in [3.63, 3.8) is 0 Å². The zero-order valence-corrected chi connectivity index (χ0v) is 14.2. The SMILES string of the molecule is COC(=O)N1CCC(NC(=O)C(C)Cc2ccc(C)cc2)CC1. The molecule has 1 atom stereocenters. The van der Waals surface area contributed by atoms with Crippen LogP contribution in [0.1, 0.15) is 30.9 Å². The fourth-order valence-corrected chi connectivity index (χ4v) is 2.85. The third kappa shape index (κ3) is 4.98. The van der Waals surface area contributed by atoms with Gasteiger partial charge in [-0.05, 0) is 31.7 Å². The molecule has 0 bridgehead atoms. The number of piperidine rings is 1. The zero-order chi connectivity index (χ0) is 16.8. The lowest BCUT2D eigenvalue weighted by Gasteiger charge is -2.31. The van der Waals surface area contributed by atoms with Crippen LogP contribution in [0.2, 0.25) is 0 Å². The largest absolute Gasteiger partial charge is 0.453 e. The van der Waals surface area contributed by atoms with E-state index >= 15 is 0 Å². The summed E-state index contributed by atoms with van der Waals surface area (Å²) in [5.74, 6) is 0.0263. The van der Waals surface area contributed by atoms with Crippen LogP contribution in [0.5, 0.6) is 0 Å². The molecule has 0 aromatic heterocycles. The second-order valence-corrected chi connectivity index (χ2v) is 6.33. The van der Waals surface area contributed by atoms with Crippen molar-refractivity contribution in [3.8, 4) is 0 Å². The predicted molar refractivity (Wildman–Crippen MR) is 89.2 cm³/mol. The highest BCUT2D eigenvalue weighted by molar-refractivity contribution is 5.79. The molecule has 1 unspecified atom stereocenters. The first-order valence-corrected chi connectivity index (χ1v) is 8.18. The number of methoxy groups -OCH3 is 1. The molecule has 1 aliphatic heterocycles. The standard InChI is InChI=1S/C18H26N2O3/c1-13-4-6-15(7-5-13)12-14(2)17(21)19-16-8-10-20(11-9-16)18(22)23-3/h4-7,14,16H,8-12H2,1-3H3,(H,19,21). The fourth-order valence-electron chi connectivity index (χ4n) is 2.85. The Morgan fingerprint density at radius 1 is 1.26 bits per heavy atom. The maximum Gasteiger partial charge on any atom is 0.409 e. The summed E-state index contributed by atoms with van der Waals surface area (Å²) in [4.78, 5) is 25.5. The number of hydrogen-bond donors (Lipinski definition) is 1. The smallest absolute Gasteiger partial charge is 0.409 e. The number of nitrogens with zero attached hydrogens (tertiary/aromatic N) is 1. The minimum Gasteiger partial charge on any atom is -0.453 e. The number of aryl methyl sites for hydroxylation is 1. The molecule has 0 radical (unpaired) electrons.